The number of carbonyl (C=O) groups excluding carboxylic acids is 1. The third-order valence-electron chi connectivity index (χ3n) is 7.22. The summed E-state index contributed by atoms with van der Waals surface area (Å²) in [5.74, 6) is 2.80. The molecule has 0 aliphatic carbocycles. The molecule has 1 aromatic carbocycles. The van der Waals surface area contributed by atoms with Gasteiger partial charge >= 0.3 is 0 Å². The lowest BCUT2D eigenvalue weighted by molar-refractivity contribution is -0.135. The summed E-state index contributed by atoms with van der Waals surface area (Å²) in [5.41, 5.74) is 2.25. The van der Waals surface area contributed by atoms with Crippen LogP contribution in [-0.4, -0.2) is 59.2 Å². The molecule has 0 unspecified atom stereocenters. The summed E-state index contributed by atoms with van der Waals surface area (Å²) in [7, 11) is 0. The number of ether oxygens (including phenoxy) is 2. The standard InChI is InChI=1S/C23H25N3O3/c27-21(10-15-2-1-7-24-12-15)26-13-18(17-3-4-19-20(11-17)29-14-28-19)23-22(26)16-5-8-25(23)9-6-16/h1-4,7,11-12,16,18,22-23H,5-6,8-10,13-14H2/t18-,22+,23+/m0/s1. The maximum Gasteiger partial charge on any atom is 0.231 e. The largest absolute Gasteiger partial charge is 0.454 e. The first-order chi connectivity index (χ1) is 14.3. The summed E-state index contributed by atoms with van der Waals surface area (Å²) >= 11 is 0. The maximum absolute atomic E-state index is 13.3. The average molecular weight is 391 g/mol. The molecule has 1 amide bonds. The van der Waals surface area contributed by atoms with E-state index < -0.39 is 0 Å². The molecule has 6 nitrogen and oxygen atoms in total. The highest BCUT2D eigenvalue weighted by molar-refractivity contribution is 5.80. The van der Waals surface area contributed by atoms with Crippen LogP contribution in [0.3, 0.4) is 0 Å². The monoisotopic (exact) mass is 391 g/mol. The first kappa shape index (κ1) is 17.3. The van der Waals surface area contributed by atoms with Crippen LogP contribution in [0, 0.1) is 5.92 Å². The minimum Gasteiger partial charge on any atom is -0.454 e. The molecule has 7 rings (SSSR count). The number of benzene rings is 1. The van der Waals surface area contributed by atoms with E-state index in [2.05, 4.69) is 26.9 Å². The number of piperidine rings is 3. The third kappa shape index (κ3) is 2.81. The van der Waals surface area contributed by atoms with Crippen molar-refractivity contribution in [1.82, 2.24) is 14.8 Å². The van der Waals surface area contributed by atoms with Crippen molar-refractivity contribution in [2.75, 3.05) is 26.4 Å². The summed E-state index contributed by atoms with van der Waals surface area (Å²) in [6, 6.07) is 10.9. The van der Waals surface area contributed by atoms with Crippen molar-refractivity contribution in [3.63, 3.8) is 0 Å². The molecule has 1 aromatic heterocycles. The summed E-state index contributed by atoms with van der Waals surface area (Å²) < 4.78 is 11.1. The first-order valence-corrected chi connectivity index (χ1v) is 10.6. The van der Waals surface area contributed by atoms with E-state index in [1.165, 1.54) is 18.4 Å². The number of nitrogens with zero attached hydrogens (tertiary/aromatic N) is 3. The van der Waals surface area contributed by atoms with Crippen LogP contribution in [0.5, 0.6) is 11.5 Å². The number of pyridine rings is 1. The van der Waals surface area contributed by atoms with Crippen molar-refractivity contribution in [1.29, 1.82) is 0 Å². The van der Waals surface area contributed by atoms with Crippen LogP contribution in [0.15, 0.2) is 42.7 Å². The van der Waals surface area contributed by atoms with E-state index in [1.54, 1.807) is 12.4 Å². The average Bonchev–Trinajstić information content (AvgIpc) is 3.41. The number of aromatic nitrogens is 1. The molecular formula is C23H25N3O3. The van der Waals surface area contributed by atoms with Gasteiger partial charge in [-0.05, 0) is 61.2 Å². The van der Waals surface area contributed by atoms with Gasteiger partial charge in [-0.1, -0.05) is 12.1 Å². The van der Waals surface area contributed by atoms with Gasteiger partial charge in [0.05, 0.1) is 12.5 Å². The molecule has 4 fully saturated rings. The topological polar surface area (TPSA) is 54.9 Å². The molecule has 0 N–H and O–H groups in total. The summed E-state index contributed by atoms with van der Waals surface area (Å²) in [4.78, 5) is 22.3. The van der Waals surface area contributed by atoms with E-state index in [-0.39, 0.29) is 5.91 Å². The zero-order chi connectivity index (χ0) is 19.4. The number of hydrogen-bond donors (Lipinski definition) is 0. The van der Waals surface area contributed by atoms with Crippen LogP contribution in [0.25, 0.3) is 0 Å². The van der Waals surface area contributed by atoms with Gasteiger partial charge in [-0.25, -0.2) is 0 Å². The van der Waals surface area contributed by atoms with E-state index >= 15 is 0 Å². The van der Waals surface area contributed by atoms with E-state index in [1.807, 2.05) is 18.2 Å². The van der Waals surface area contributed by atoms with Crippen molar-refractivity contribution in [2.45, 2.75) is 37.3 Å². The van der Waals surface area contributed by atoms with Crippen molar-refractivity contribution >= 4 is 5.91 Å². The van der Waals surface area contributed by atoms with Gasteiger partial charge in [-0.3, -0.25) is 14.7 Å². The minimum atomic E-state index is 0.227. The van der Waals surface area contributed by atoms with Crippen LogP contribution < -0.4 is 9.47 Å². The first-order valence-electron chi connectivity index (χ1n) is 10.6. The van der Waals surface area contributed by atoms with Gasteiger partial charge < -0.3 is 14.4 Å². The van der Waals surface area contributed by atoms with Crippen LogP contribution >= 0.6 is 0 Å². The SMILES string of the molecule is O=C(Cc1cccnc1)N1C[C@@H](c2ccc3c(c2)OCO3)[C@@H]2[C@H]1C1CCN2CC1. The Bertz CT molecular complexity index is 926. The molecule has 0 radical (unpaired) electrons. The maximum atomic E-state index is 13.3. The Balaban J connectivity index is 1.32. The Hall–Kier alpha value is -2.60. The molecule has 3 atom stereocenters. The second-order valence-electron chi connectivity index (χ2n) is 8.66. The lowest BCUT2D eigenvalue weighted by Gasteiger charge is -2.51. The van der Waals surface area contributed by atoms with Crippen molar-refractivity contribution in [3.8, 4) is 11.5 Å². The smallest absolute Gasteiger partial charge is 0.231 e. The predicted molar refractivity (Wildman–Crippen MR) is 107 cm³/mol. The molecule has 5 aliphatic heterocycles. The molecule has 2 bridgehead atoms. The lowest BCUT2D eigenvalue weighted by atomic mass is 9.75. The Kier molecular flexibility index (Phi) is 4.01. The highest BCUT2D eigenvalue weighted by atomic mass is 16.7. The minimum absolute atomic E-state index is 0.227. The van der Waals surface area contributed by atoms with Crippen molar-refractivity contribution in [3.05, 3.63) is 53.9 Å². The number of rotatable bonds is 3. The molecule has 150 valence electrons. The van der Waals surface area contributed by atoms with Gasteiger partial charge in [-0.15, -0.1) is 0 Å². The highest BCUT2D eigenvalue weighted by Crippen LogP contribution is 2.48. The Labute approximate surface area is 170 Å². The third-order valence-corrected chi connectivity index (χ3v) is 7.22. The van der Waals surface area contributed by atoms with Gasteiger partial charge in [0, 0.05) is 30.9 Å². The van der Waals surface area contributed by atoms with Gasteiger partial charge in [0.15, 0.2) is 11.5 Å². The van der Waals surface area contributed by atoms with Crippen LogP contribution in [0.1, 0.15) is 29.9 Å². The highest BCUT2D eigenvalue weighted by Gasteiger charge is 2.54. The van der Waals surface area contributed by atoms with Crippen LogP contribution in [0.4, 0.5) is 0 Å². The summed E-state index contributed by atoms with van der Waals surface area (Å²) in [6.45, 7) is 3.37. The van der Waals surface area contributed by atoms with Crippen LogP contribution in [0.2, 0.25) is 0 Å². The fourth-order valence-electron chi connectivity index (χ4n) is 5.92. The fraction of sp³-hybridized carbons (Fsp3) is 0.478. The van der Waals surface area contributed by atoms with E-state index in [4.69, 9.17) is 9.47 Å². The van der Waals surface area contributed by atoms with Gasteiger partial charge in [0.25, 0.3) is 0 Å². The second-order valence-corrected chi connectivity index (χ2v) is 8.66. The van der Waals surface area contributed by atoms with Crippen molar-refractivity contribution < 1.29 is 14.3 Å². The van der Waals surface area contributed by atoms with Gasteiger partial charge in [-0.2, -0.15) is 0 Å². The van der Waals surface area contributed by atoms with E-state index in [0.29, 0.717) is 37.1 Å². The number of hydrogen-bond acceptors (Lipinski definition) is 5. The van der Waals surface area contributed by atoms with E-state index in [0.717, 1.165) is 36.7 Å². The summed E-state index contributed by atoms with van der Waals surface area (Å²) in [6.07, 6.45) is 6.38. The molecule has 0 saturated carbocycles. The number of carbonyl (C=O) groups is 1. The number of amides is 1. The zero-order valence-corrected chi connectivity index (χ0v) is 16.4. The normalized spacial score (nSPS) is 31.7. The van der Waals surface area contributed by atoms with Gasteiger partial charge in [0.2, 0.25) is 12.7 Å². The Morgan fingerprint density at radius 2 is 1.97 bits per heavy atom. The molecule has 6 heterocycles. The predicted octanol–water partition coefficient (Wildman–Crippen LogP) is 2.44. The Morgan fingerprint density at radius 3 is 2.79 bits per heavy atom. The molecule has 29 heavy (non-hydrogen) atoms. The quantitative estimate of drug-likeness (QED) is 0.805. The number of fused-ring (bicyclic) bond motifs is 3. The van der Waals surface area contributed by atoms with Crippen LogP contribution in [-0.2, 0) is 11.2 Å². The molecule has 5 aliphatic rings. The Morgan fingerprint density at radius 1 is 1.10 bits per heavy atom. The zero-order valence-electron chi connectivity index (χ0n) is 16.4. The fourth-order valence-corrected chi connectivity index (χ4v) is 5.92. The number of likely N-dealkylation sites (tertiary alicyclic amines) is 1. The second kappa shape index (κ2) is 6.73. The molecule has 2 aromatic rings. The van der Waals surface area contributed by atoms with Crippen molar-refractivity contribution in [2.24, 2.45) is 5.92 Å². The lowest BCUT2D eigenvalue weighted by Crippen LogP contribution is -2.60. The molecule has 6 heteroatoms. The summed E-state index contributed by atoms with van der Waals surface area (Å²) in [5, 5.41) is 0. The molecule has 4 saturated heterocycles. The van der Waals surface area contributed by atoms with E-state index in [9.17, 15) is 4.79 Å². The van der Waals surface area contributed by atoms with Gasteiger partial charge in [0.1, 0.15) is 0 Å². The molecular weight excluding hydrogens is 366 g/mol. The molecule has 0 spiro atoms.